The number of aldehydes is 1. The Bertz CT molecular complexity index is 1120. The van der Waals surface area contributed by atoms with Crippen LogP contribution in [0.2, 0.25) is 0 Å². The fourth-order valence-corrected chi connectivity index (χ4v) is 5.27. The van der Waals surface area contributed by atoms with E-state index in [0.29, 0.717) is 18.9 Å². The van der Waals surface area contributed by atoms with Gasteiger partial charge in [0.05, 0.1) is 18.8 Å². The van der Waals surface area contributed by atoms with E-state index in [9.17, 15) is 10.1 Å². The second kappa shape index (κ2) is 15.5. The molecule has 3 aromatic heterocycles. The molecule has 3 heterocycles. The van der Waals surface area contributed by atoms with Gasteiger partial charge >= 0.3 is 0 Å². The van der Waals surface area contributed by atoms with Crippen LogP contribution < -0.4 is 11.1 Å². The van der Waals surface area contributed by atoms with Crippen molar-refractivity contribution in [1.29, 1.82) is 5.26 Å². The van der Waals surface area contributed by atoms with Crippen molar-refractivity contribution in [2.24, 2.45) is 18.7 Å². The number of nitrogens with zero attached hydrogens (tertiary/aromatic N) is 3. The highest BCUT2D eigenvalue weighted by atomic mass is 32.1. The van der Waals surface area contributed by atoms with Gasteiger partial charge in [0.2, 0.25) is 6.41 Å². The largest absolute Gasteiger partial charge is 0.379 e. The minimum atomic E-state index is 0.244. The van der Waals surface area contributed by atoms with E-state index in [1.54, 1.807) is 17.5 Å². The first-order valence-corrected chi connectivity index (χ1v) is 12.7. The third-order valence-corrected chi connectivity index (χ3v) is 7.28. The minimum Gasteiger partial charge on any atom is -0.379 e. The maximum Gasteiger partial charge on any atom is 0.204 e. The molecule has 4 rings (SSSR count). The second-order valence-electron chi connectivity index (χ2n) is 8.50. The molecule has 2 atom stereocenters. The van der Waals surface area contributed by atoms with Gasteiger partial charge in [-0.3, -0.25) is 9.78 Å². The summed E-state index contributed by atoms with van der Waals surface area (Å²) >= 11 is 1.73. The van der Waals surface area contributed by atoms with Crippen LogP contribution in [-0.2, 0) is 40.8 Å². The number of aryl methyl sites for hydroxylation is 1. The quantitative estimate of drug-likeness (QED) is 0.439. The topological polar surface area (TPSA) is 123 Å². The molecular formula is C27H35N5O3S. The van der Waals surface area contributed by atoms with E-state index in [2.05, 4.69) is 32.7 Å². The van der Waals surface area contributed by atoms with E-state index in [1.165, 1.54) is 16.1 Å². The van der Waals surface area contributed by atoms with Crippen molar-refractivity contribution in [3.63, 3.8) is 0 Å². The number of rotatable bonds is 8. The zero-order chi connectivity index (χ0) is 26.3. The fourth-order valence-electron chi connectivity index (χ4n) is 4.00. The van der Waals surface area contributed by atoms with Gasteiger partial charge in [0.25, 0.3) is 0 Å². The van der Waals surface area contributed by atoms with E-state index >= 15 is 0 Å². The van der Waals surface area contributed by atoms with Crippen molar-refractivity contribution in [2.45, 2.75) is 45.1 Å². The molecule has 0 aromatic carbocycles. The number of ether oxygens (including phenoxy) is 1. The number of nitriles is 1. The Morgan fingerprint density at radius 1 is 1.36 bits per heavy atom. The Morgan fingerprint density at radius 2 is 2.14 bits per heavy atom. The van der Waals surface area contributed by atoms with Crippen LogP contribution in [0.25, 0.3) is 0 Å². The number of hydrogen-bond acceptors (Lipinski definition) is 7. The predicted molar refractivity (Wildman–Crippen MR) is 143 cm³/mol. The molecule has 36 heavy (non-hydrogen) atoms. The Kier molecular flexibility index (Phi) is 12.4. The first-order valence-electron chi connectivity index (χ1n) is 11.9. The highest BCUT2D eigenvalue weighted by Gasteiger charge is 2.25. The lowest BCUT2D eigenvalue weighted by Crippen LogP contribution is -2.18. The van der Waals surface area contributed by atoms with Gasteiger partial charge in [-0.15, -0.1) is 11.3 Å². The molecule has 0 spiro atoms. The zero-order valence-corrected chi connectivity index (χ0v) is 22.0. The summed E-state index contributed by atoms with van der Waals surface area (Å²) < 4.78 is 8.00. The van der Waals surface area contributed by atoms with Crippen LogP contribution in [0.1, 0.15) is 53.1 Å². The average Bonchev–Trinajstić information content (AvgIpc) is 3.47. The van der Waals surface area contributed by atoms with E-state index < -0.39 is 0 Å². The van der Waals surface area contributed by atoms with Gasteiger partial charge in [-0.1, -0.05) is 13.0 Å². The average molecular weight is 510 g/mol. The summed E-state index contributed by atoms with van der Waals surface area (Å²) in [6.45, 7) is 3.46. The van der Waals surface area contributed by atoms with Crippen molar-refractivity contribution in [3.8, 4) is 6.07 Å². The Balaban J connectivity index is 0.000000273. The van der Waals surface area contributed by atoms with E-state index in [4.69, 9.17) is 9.53 Å². The first-order chi connectivity index (χ1) is 17.5. The molecule has 0 saturated carbocycles. The second-order valence-corrected chi connectivity index (χ2v) is 9.60. The van der Waals surface area contributed by atoms with Gasteiger partial charge in [0.1, 0.15) is 17.4 Å². The molecule has 3 aromatic rings. The van der Waals surface area contributed by atoms with E-state index in [1.807, 2.05) is 51.5 Å². The number of carbonyl (C=O) groups is 2. The third kappa shape index (κ3) is 8.33. The number of anilines is 1. The fraction of sp³-hybridized carbons (Fsp3) is 0.407. The summed E-state index contributed by atoms with van der Waals surface area (Å²) in [5.41, 5.74) is 8.47. The van der Waals surface area contributed by atoms with Gasteiger partial charge in [0.15, 0.2) is 0 Å². The zero-order valence-electron chi connectivity index (χ0n) is 21.1. The Labute approximate surface area is 217 Å². The van der Waals surface area contributed by atoms with Crippen molar-refractivity contribution in [2.75, 3.05) is 19.0 Å². The van der Waals surface area contributed by atoms with Gasteiger partial charge in [-0.05, 0) is 55.0 Å². The van der Waals surface area contributed by atoms with Crippen molar-refractivity contribution in [3.05, 3.63) is 70.1 Å². The molecule has 1 amide bonds. The minimum absolute atomic E-state index is 0.244. The van der Waals surface area contributed by atoms with Crippen LogP contribution >= 0.6 is 11.3 Å². The molecule has 9 heteroatoms. The van der Waals surface area contributed by atoms with Gasteiger partial charge < -0.3 is 25.1 Å². The number of thiophene rings is 1. The smallest absolute Gasteiger partial charge is 0.204 e. The summed E-state index contributed by atoms with van der Waals surface area (Å²) in [6.07, 6.45) is 8.65. The summed E-state index contributed by atoms with van der Waals surface area (Å²) in [4.78, 5) is 24.2. The summed E-state index contributed by atoms with van der Waals surface area (Å²) in [5, 5.41) is 13.5. The molecule has 1 aliphatic carbocycles. The normalized spacial score (nSPS) is 14.6. The Hall–Kier alpha value is -3.48. The molecule has 0 radical (unpaired) electrons. The molecule has 2 unspecified atom stereocenters. The number of amides is 1. The van der Waals surface area contributed by atoms with Gasteiger partial charge in [0, 0.05) is 55.1 Å². The molecule has 192 valence electrons. The van der Waals surface area contributed by atoms with Crippen LogP contribution in [0.4, 0.5) is 5.00 Å². The maximum atomic E-state index is 10.2. The van der Waals surface area contributed by atoms with Crippen molar-refractivity contribution < 1.29 is 14.3 Å². The van der Waals surface area contributed by atoms with E-state index in [-0.39, 0.29) is 12.3 Å². The molecule has 0 saturated heterocycles. The summed E-state index contributed by atoms with van der Waals surface area (Å²) in [6, 6.07) is 12.2. The summed E-state index contributed by atoms with van der Waals surface area (Å²) in [5.74, 6) is 0.802. The predicted octanol–water partition coefficient (Wildman–Crippen LogP) is 4.20. The number of primary amides is 1. The number of hydrogen-bond donors (Lipinski definition) is 2. The highest BCUT2D eigenvalue weighted by molar-refractivity contribution is 7.16. The van der Waals surface area contributed by atoms with Gasteiger partial charge in [-0.2, -0.15) is 5.26 Å². The monoisotopic (exact) mass is 509 g/mol. The molecule has 0 bridgehead atoms. The molecule has 1 aliphatic rings. The van der Waals surface area contributed by atoms with Crippen LogP contribution in [0.3, 0.4) is 0 Å². The molecule has 0 fully saturated rings. The Morgan fingerprint density at radius 3 is 2.72 bits per heavy atom. The summed E-state index contributed by atoms with van der Waals surface area (Å²) in [7, 11) is 3.93. The van der Waals surface area contributed by atoms with Crippen molar-refractivity contribution >= 4 is 29.0 Å². The van der Waals surface area contributed by atoms with Crippen LogP contribution in [0.5, 0.6) is 0 Å². The molecule has 0 aliphatic heterocycles. The SMILES string of the molecule is CC(CC=O)c1ccccn1.CNc1sc2c(c1C#N)CCC(COCc1cccn1C)C2.NC=O. The van der Waals surface area contributed by atoms with Gasteiger partial charge in [-0.25, -0.2) is 0 Å². The molecule has 3 N–H and O–H groups in total. The lowest BCUT2D eigenvalue weighted by Gasteiger charge is -2.22. The lowest BCUT2D eigenvalue weighted by atomic mass is 9.88. The highest BCUT2D eigenvalue weighted by Crippen LogP contribution is 2.39. The van der Waals surface area contributed by atoms with E-state index in [0.717, 1.165) is 48.4 Å². The lowest BCUT2D eigenvalue weighted by molar-refractivity contribution is -0.108. The van der Waals surface area contributed by atoms with Crippen LogP contribution in [0.15, 0.2) is 42.7 Å². The number of pyridine rings is 1. The number of carbonyl (C=O) groups excluding carboxylic acids is 2. The maximum absolute atomic E-state index is 10.2. The number of aromatic nitrogens is 2. The number of nitrogens with two attached hydrogens (primary N) is 1. The standard InChI is InChI=1S/C17H21N3OS.C9H11NO.CH3NO/c1-19-17-15(9-18)14-6-5-12(8-16(14)22-17)10-21-11-13-4-3-7-20(13)2;1-8(5-7-11)9-4-2-3-6-10-9;2-1-3/h3-4,7,12,19H,5-6,8,10-11H2,1-2H3;2-4,6-8H,5H2,1H3;1H,(H2,2,3). The number of nitrogens with one attached hydrogen (secondary N) is 1. The van der Waals surface area contributed by atoms with Crippen LogP contribution in [0, 0.1) is 17.2 Å². The first kappa shape index (κ1) is 28.8. The molecular weight excluding hydrogens is 474 g/mol. The van der Waals surface area contributed by atoms with Crippen LogP contribution in [-0.4, -0.2) is 35.9 Å². The number of fused-ring (bicyclic) bond motifs is 1. The molecule has 8 nitrogen and oxygen atoms in total. The third-order valence-electron chi connectivity index (χ3n) is 6.00. The van der Waals surface area contributed by atoms with Crippen molar-refractivity contribution in [1.82, 2.24) is 9.55 Å².